The Kier molecular flexibility index (Phi) is 4.57. The lowest BCUT2D eigenvalue weighted by Crippen LogP contribution is -2.16. The first-order valence-corrected chi connectivity index (χ1v) is 7.77. The Labute approximate surface area is 141 Å². The van der Waals surface area contributed by atoms with Crippen LogP contribution < -0.4 is 10.3 Å². The maximum absolute atomic E-state index is 12.8. The molecule has 3 rings (SSSR count). The zero-order valence-corrected chi connectivity index (χ0v) is 13.7. The van der Waals surface area contributed by atoms with Crippen molar-refractivity contribution in [3.05, 3.63) is 93.1 Å². The summed E-state index contributed by atoms with van der Waals surface area (Å²) in [5.41, 5.74) is 1.44. The van der Waals surface area contributed by atoms with E-state index in [0.717, 1.165) is 15.7 Å². The van der Waals surface area contributed by atoms with Gasteiger partial charge in [-0.1, -0.05) is 28.1 Å². The molecule has 0 spiro atoms. The predicted octanol–water partition coefficient (Wildman–Crippen LogP) is 4.32. The lowest BCUT2D eigenvalue weighted by atomic mass is 10.2. The molecule has 0 bridgehead atoms. The molecule has 0 saturated carbocycles. The molecule has 0 aliphatic heterocycles. The van der Waals surface area contributed by atoms with Crippen molar-refractivity contribution in [3.8, 4) is 11.4 Å². The van der Waals surface area contributed by atoms with E-state index in [2.05, 4.69) is 15.9 Å². The van der Waals surface area contributed by atoms with Crippen LogP contribution in [0.15, 0.2) is 76.1 Å². The highest BCUT2D eigenvalue weighted by Crippen LogP contribution is 2.15. The Bertz CT molecular complexity index is 857. The maximum atomic E-state index is 12.8. The number of hydrogen-bond donors (Lipinski definition) is 0. The predicted molar refractivity (Wildman–Crippen MR) is 90.5 cm³/mol. The molecule has 2 aromatic carbocycles. The molecule has 0 fully saturated rings. The summed E-state index contributed by atoms with van der Waals surface area (Å²) >= 11 is 3.36. The highest BCUT2D eigenvalue weighted by molar-refractivity contribution is 9.10. The summed E-state index contributed by atoms with van der Waals surface area (Å²) in [5.74, 6) is 0.193. The van der Waals surface area contributed by atoms with E-state index in [4.69, 9.17) is 4.74 Å². The highest BCUT2D eigenvalue weighted by atomic mass is 79.9. The van der Waals surface area contributed by atoms with Crippen LogP contribution in [0, 0.1) is 5.82 Å². The molecule has 0 N–H and O–H groups in total. The molecule has 0 aliphatic carbocycles. The summed E-state index contributed by atoms with van der Waals surface area (Å²) in [7, 11) is 0. The van der Waals surface area contributed by atoms with Crippen LogP contribution in [0.2, 0.25) is 0 Å². The van der Waals surface area contributed by atoms with Crippen molar-refractivity contribution in [1.82, 2.24) is 4.57 Å². The van der Waals surface area contributed by atoms with Gasteiger partial charge < -0.3 is 4.74 Å². The van der Waals surface area contributed by atoms with E-state index in [0.29, 0.717) is 5.75 Å². The van der Waals surface area contributed by atoms with Gasteiger partial charge in [0.25, 0.3) is 5.56 Å². The number of pyridine rings is 1. The molecule has 3 nitrogen and oxygen atoms in total. The molecule has 0 radical (unpaired) electrons. The molecule has 3 aromatic rings. The molecule has 0 amide bonds. The summed E-state index contributed by atoms with van der Waals surface area (Å²) in [6.07, 6.45) is 1.67. The second-order valence-corrected chi connectivity index (χ2v) is 5.88. The molecule has 0 aliphatic rings. The van der Waals surface area contributed by atoms with E-state index in [-0.39, 0.29) is 18.0 Å². The Balaban J connectivity index is 1.75. The van der Waals surface area contributed by atoms with Gasteiger partial charge in [-0.15, -0.1) is 0 Å². The van der Waals surface area contributed by atoms with Crippen LogP contribution in [0.1, 0.15) is 5.56 Å². The average Bonchev–Trinajstić information content (AvgIpc) is 2.55. The van der Waals surface area contributed by atoms with Gasteiger partial charge >= 0.3 is 0 Å². The average molecular weight is 374 g/mol. The SMILES string of the molecule is O=c1cc(OCc2ccc(F)cc2)ccn1-c1ccc(Br)cc1. The minimum atomic E-state index is -0.286. The standard InChI is InChI=1S/C18H13BrFNO2/c19-14-3-7-16(8-4-14)21-10-9-17(11-18(21)22)23-12-13-1-5-15(20)6-2-13/h1-11H,12H2. The van der Waals surface area contributed by atoms with Crippen molar-refractivity contribution in [2.75, 3.05) is 0 Å². The van der Waals surface area contributed by atoms with Gasteiger partial charge in [-0.3, -0.25) is 9.36 Å². The van der Waals surface area contributed by atoms with E-state index < -0.39 is 0 Å². The van der Waals surface area contributed by atoms with Crippen molar-refractivity contribution in [1.29, 1.82) is 0 Å². The molecule has 23 heavy (non-hydrogen) atoms. The summed E-state index contributed by atoms with van der Waals surface area (Å²) in [6.45, 7) is 0.280. The Morgan fingerprint density at radius 1 is 1.00 bits per heavy atom. The van der Waals surface area contributed by atoms with Gasteiger partial charge in [0, 0.05) is 22.4 Å². The summed E-state index contributed by atoms with van der Waals surface area (Å²) in [6, 6.07) is 16.7. The lowest BCUT2D eigenvalue weighted by molar-refractivity contribution is 0.305. The second kappa shape index (κ2) is 6.79. The first-order chi connectivity index (χ1) is 11.1. The molecular formula is C18H13BrFNO2. The molecule has 0 atom stereocenters. The monoisotopic (exact) mass is 373 g/mol. The lowest BCUT2D eigenvalue weighted by Gasteiger charge is -2.09. The van der Waals surface area contributed by atoms with Crippen LogP contribution >= 0.6 is 15.9 Å². The third kappa shape index (κ3) is 3.87. The number of hydrogen-bond acceptors (Lipinski definition) is 2. The van der Waals surface area contributed by atoms with Gasteiger partial charge in [0.2, 0.25) is 0 Å². The number of aromatic nitrogens is 1. The largest absolute Gasteiger partial charge is 0.489 e. The van der Waals surface area contributed by atoms with Gasteiger partial charge in [-0.25, -0.2) is 4.39 Å². The van der Waals surface area contributed by atoms with Crippen LogP contribution in [0.4, 0.5) is 4.39 Å². The molecule has 1 heterocycles. The third-order valence-corrected chi connectivity index (χ3v) is 3.84. The van der Waals surface area contributed by atoms with Gasteiger partial charge in [0.15, 0.2) is 0 Å². The minimum absolute atomic E-state index is 0.177. The van der Waals surface area contributed by atoms with E-state index in [9.17, 15) is 9.18 Å². The van der Waals surface area contributed by atoms with Gasteiger partial charge in [-0.2, -0.15) is 0 Å². The van der Waals surface area contributed by atoms with Crippen LogP contribution in [0.3, 0.4) is 0 Å². The van der Waals surface area contributed by atoms with Crippen molar-refractivity contribution in [3.63, 3.8) is 0 Å². The summed E-state index contributed by atoms with van der Waals surface area (Å²) < 4.78 is 20.9. The molecule has 0 saturated heterocycles. The Hall–Kier alpha value is -2.40. The van der Waals surface area contributed by atoms with Crippen LogP contribution in [0.5, 0.6) is 5.75 Å². The fourth-order valence-corrected chi connectivity index (χ4v) is 2.38. The number of ether oxygens (including phenoxy) is 1. The molecule has 0 unspecified atom stereocenters. The fourth-order valence-electron chi connectivity index (χ4n) is 2.11. The normalized spacial score (nSPS) is 10.5. The van der Waals surface area contributed by atoms with Crippen molar-refractivity contribution >= 4 is 15.9 Å². The Morgan fingerprint density at radius 3 is 2.35 bits per heavy atom. The first kappa shape index (κ1) is 15.5. The van der Waals surface area contributed by atoms with E-state index in [1.165, 1.54) is 22.8 Å². The van der Waals surface area contributed by atoms with Crippen molar-refractivity contribution < 1.29 is 9.13 Å². The third-order valence-electron chi connectivity index (χ3n) is 3.31. The van der Waals surface area contributed by atoms with Gasteiger partial charge in [0.05, 0.1) is 0 Å². The van der Waals surface area contributed by atoms with E-state index in [1.807, 2.05) is 24.3 Å². The second-order valence-electron chi connectivity index (χ2n) is 4.96. The smallest absolute Gasteiger partial charge is 0.258 e. The maximum Gasteiger partial charge on any atom is 0.258 e. The number of halogens is 2. The van der Waals surface area contributed by atoms with Crippen LogP contribution in [0.25, 0.3) is 5.69 Å². The quantitative estimate of drug-likeness (QED) is 0.681. The molecule has 5 heteroatoms. The van der Waals surface area contributed by atoms with Gasteiger partial charge in [0.1, 0.15) is 18.2 Å². The van der Waals surface area contributed by atoms with Crippen LogP contribution in [-0.4, -0.2) is 4.57 Å². The molecule has 116 valence electrons. The zero-order valence-electron chi connectivity index (χ0n) is 12.1. The van der Waals surface area contributed by atoms with Crippen molar-refractivity contribution in [2.24, 2.45) is 0 Å². The topological polar surface area (TPSA) is 31.2 Å². The fraction of sp³-hybridized carbons (Fsp3) is 0.0556. The summed E-state index contributed by atoms with van der Waals surface area (Å²) in [4.78, 5) is 12.2. The number of benzene rings is 2. The molecule has 1 aromatic heterocycles. The van der Waals surface area contributed by atoms with Crippen LogP contribution in [-0.2, 0) is 6.61 Å². The van der Waals surface area contributed by atoms with E-state index >= 15 is 0 Å². The highest BCUT2D eigenvalue weighted by Gasteiger charge is 2.03. The first-order valence-electron chi connectivity index (χ1n) is 6.98. The molecular weight excluding hydrogens is 361 g/mol. The van der Waals surface area contributed by atoms with E-state index in [1.54, 1.807) is 24.4 Å². The van der Waals surface area contributed by atoms with Crippen molar-refractivity contribution in [2.45, 2.75) is 6.61 Å². The zero-order chi connectivity index (χ0) is 16.2. The minimum Gasteiger partial charge on any atom is -0.489 e. The summed E-state index contributed by atoms with van der Waals surface area (Å²) in [5, 5.41) is 0. The number of rotatable bonds is 4. The number of nitrogens with zero attached hydrogens (tertiary/aromatic N) is 1. The van der Waals surface area contributed by atoms with Gasteiger partial charge in [-0.05, 0) is 48.0 Å². The Morgan fingerprint density at radius 2 is 1.70 bits per heavy atom.